The summed E-state index contributed by atoms with van der Waals surface area (Å²) in [4.78, 5) is 12.4. The van der Waals surface area contributed by atoms with Crippen LogP contribution >= 0.6 is 0 Å². The summed E-state index contributed by atoms with van der Waals surface area (Å²) in [6, 6.07) is 29.8. The van der Waals surface area contributed by atoms with Gasteiger partial charge in [0.15, 0.2) is 11.2 Å². The van der Waals surface area contributed by atoms with Gasteiger partial charge >= 0.3 is 5.97 Å². The fraction of sp³-hybridized carbons (Fsp3) is 0.424. The lowest BCUT2D eigenvalue weighted by atomic mass is 10.0. The summed E-state index contributed by atoms with van der Waals surface area (Å²) >= 11 is 0. The molecule has 2 aliphatic heterocycles. The van der Waals surface area contributed by atoms with Crippen LogP contribution in [0.1, 0.15) is 41.5 Å². The van der Waals surface area contributed by atoms with Crippen LogP contribution in [0.15, 0.2) is 95.9 Å². The van der Waals surface area contributed by atoms with Crippen LogP contribution in [-0.2, 0) is 39.0 Å². The van der Waals surface area contributed by atoms with E-state index in [1.807, 2.05) is 80.6 Å². The molecule has 2 saturated heterocycles. The molecule has 7 nitrogen and oxygen atoms in total. The zero-order chi connectivity index (χ0) is 30.1. The van der Waals surface area contributed by atoms with Crippen molar-refractivity contribution in [3.63, 3.8) is 0 Å². The molecular weight excluding hydrogens is 569 g/mol. The lowest BCUT2D eigenvalue weighted by Crippen LogP contribution is -2.71. The zero-order valence-corrected chi connectivity index (χ0v) is 26.8. The standard InChI is InChI=1S/C33H40O7SSi/c1-23(34)36-22-27-28-29(39-33(5,6)38-28)30(31(37-27)41(35)24-16-10-7-11-17-24)40-42(32(2,3)4,25-18-12-8-13-19-25)26-20-14-9-15-21-26/h7-21,27-31H,22H2,1-6H3/t27-,28+,29+,30-,31+,41-/m1/s1. The number of carbonyl (C=O) groups is 1. The van der Waals surface area contributed by atoms with Crippen molar-refractivity contribution in [2.75, 3.05) is 6.61 Å². The molecule has 42 heavy (non-hydrogen) atoms. The second kappa shape index (κ2) is 12.1. The molecule has 2 fully saturated rings. The lowest BCUT2D eigenvalue weighted by Gasteiger charge is -2.49. The minimum absolute atomic E-state index is 0.0512. The highest BCUT2D eigenvalue weighted by atomic mass is 32.2. The predicted molar refractivity (Wildman–Crippen MR) is 164 cm³/mol. The van der Waals surface area contributed by atoms with Gasteiger partial charge in [-0.3, -0.25) is 9.00 Å². The molecule has 6 atom stereocenters. The van der Waals surface area contributed by atoms with Crippen molar-refractivity contribution < 1.29 is 32.4 Å². The minimum Gasteiger partial charge on any atom is -0.463 e. The van der Waals surface area contributed by atoms with Crippen molar-refractivity contribution in [1.82, 2.24) is 0 Å². The third-order valence-corrected chi connectivity index (χ3v) is 14.4. The molecule has 0 bridgehead atoms. The van der Waals surface area contributed by atoms with E-state index in [2.05, 4.69) is 45.0 Å². The van der Waals surface area contributed by atoms with Gasteiger partial charge in [0.1, 0.15) is 31.0 Å². The molecule has 0 radical (unpaired) electrons. The van der Waals surface area contributed by atoms with Crippen molar-refractivity contribution >= 4 is 35.5 Å². The first-order valence-electron chi connectivity index (χ1n) is 14.3. The first-order chi connectivity index (χ1) is 19.9. The highest BCUT2D eigenvalue weighted by Crippen LogP contribution is 2.44. The molecule has 3 aromatic rings. The number of ether oxygens (including phenoxy) is 4. The summed E-state index contributed by atoms with van der Waals surface area (Å²) in [5.74, 6) is -1.39. The number of rotatable bonds is 8. The van der Waals surface area contributed by atoms with Crippen LogP contribution in [0.5, 0.6) is 0 Å². The van der Waals surface area contributed by atoms with Gasteiger partial charge in [-0.2, -0.15) is 0 Å². The molecule has 0 aromatic heterocycles. The number of carbonyl (C=O) groups excluding carboxylic acids is 1. The van der Waals surface area contributed by atoms with Gasteiger partial charge in [-0.15, -0.1) is 0 Å². The van der Waals surface area contributed by atoms with E-state index in [0.29, 0.717) is 4.90 Å². The Bertz CT molecular complexity index is 1340. The summed E-state index contributed by atoms with van der Waals surface area (Å²) in [7, 11) is -4.77. The van der Waals surface area contributed by atoms with E-state index in [1.165, 1.54) is 6.92 Å². The minimum atomic E-state index is -3.13. The average molecular weight is 609 g/mol. The maximum absolute atomic E-state index is 14.4. The van der Waals surface area contributed by atoms with Crippen molar-refractivity contribution in [3.05, 3.63) is 91.0 Å². The third-order valence-electron chi connectivity index (χ3n) is 7.80. The van der Waals surface area contributed by atoms with Crippen LogP contribution in [0.25, 0.3) is 0 Å². The highest BCUT2D eigenvalue weighted by Gasteiger charge is 2.61. The third kappa shape index (κ3) is 6.04. The maximum atomic E-state index is 14.4. The van der Waals surface area contributed by atoms with Crippen molar-refractivity contribution in [2.24, 2.45) is 0 Å². The molecule has 0 N–H and O–H groups in total. The quantitative estimate of drug-likeness (QED) is 0.274. The Hall–Kier alpha value is -2.66. The number of benzene rings is 3. The van der Waals surface area contributed by atoms with E-state index in [9.17, 15) is 9.00 Å². The molecule has 0 spiro atoms. The summed E-state index contributed by atoms with van der Waals surface area (Å²) in [5, 5.41) is 1.84. The van der Waals surface area contributed by atoms with E-state index >= 15 is 0 Å². The number of esters is 1. The van der Waals surface area contributed by atoms with Crippen LogP contribution in [0.4, 0.5) is 0 Å². The van der Waals surface area contributed by atoms with Crippen molar-refractivity contribution in [3.8, 4) is 0 Å². The van der Waals surface area contributed by atoms with Gasteiger partial charge in [-0.25, -0.2) is 0 Å². The van der Waals surface area contributed by atoms with Crippen LogP contribution in [-0.4, -0.2) is 60.7 Å². The molecule has 224 valence electrons. The normalized spacial score (nSPS) is 26.3. The molecule has 0 aliphatic carbocycles. The Kier molecular flexibility index (Phi) is 8.90. The SMILES string of the molecule is CC(=O)OC[C@H]1O[C@@H]([S@](=O)c2ccccc2)[C@H](O[Si](c2ccccc2)(c2ccccc2)C(C)(C)C)[C@H]2OC(C)(C)O[C@H]21. The molecular formula is C33H40O7SSi. The summed E-state index contributed by atoms with van der Waals surface area (Å²) < 4.78 is 46.9. The lowest BCUT2D eigenvalue weighted by molar-refractivity contribution is -0.178. The summed E-state index contributed by atoms with van der Waals surface area (Å²) in [6.07, 6.45) is -2.70. The number of hydrogen-bond donors (Lipinski definition) is 0. The fourth-order valence-electron chi connectivity index (χ4n) is 6.05. The average Bonchev–Trinajstić information content (AvgIpc) is 3.30. The predicted octanol–water partition coefficient (Wildman–Crippen LogP) is 4.55. The summed E-state index contributed by atoms with van der Waals surface area (Å²) in [6.45, 7) is 11.6. The van der Waals surface area contributed by atoms with Gasteiger partial charge in [0.2, 0.25) is 0 Å². The van der Waals surface area contributed by atoms with Crippen molar-refractivity contribution in [2.45, 2.75) is 87.1 Å². The van der Waals surface area contributed by atoms with Gasteiger partial charge in [0, 0.05) is 11.8 Å². The Morgan fingerprint density at radius 3 is 1.86 bits per heavy atom. The van der Waals surface area contributed by atoms with Crippen LogP contribution < -0.4 is 10.4 Å². The first kappa shape index (κ1) is 30.8. The Morgan fingerprint density at radius 1 is 0.857 bits per heavy atom. The molecule has 5 rings (SSSR count). The molecule has 0 amide bonds. The van der Waals surface area contributed by atoms with Gasteiger partial charge in [0.25, 0.3) is 8.32 Å². The van der Waals surface area contributed by atoms with E-state index in [4.69, 9.17) is 23.4 Å². The monoisotopic (exact) mass is 608 g/mol. The highest BCUT2D eigenvalue weighted by molar-refractivity contribution is 7.85. The number of hydrogen-bond acceptors (Lipinski definition) is 7. The second-order valence-corrected chi connectivity index (χ2v) is 18.1. The van der Waals surface area contributed by atoms with Crippen LogP contribution in [0, 0.1) is 0 Å². The molecule has 2 heterocycles. The van der Waals surface area contributed by atoms with E-state index in [0.717, 1.165) is 10.4 Å². The summed E-state index contributed by atoms with van der Waals surface area (Å²) in [5.41, 5.74) is -0.923. The Morgan fingerprint density at radius 2 is 1.36 bits per heavy atom. The number of fused-ring (bicyclic) bond motifs is 1. The van der Waals surface area contributed by atoms with Crippen LogP contribution in [0.2, 0.25) is 5.04 Å². The molecule has 0 saturated carbocycles. The molecule has 2 aliphatic rings. The Balaban J connectivity index is 1.68. The van der Waals surface area contributed by atoms with E-state index in [1.54, 1.807) is 0 Å². The largest absolute Gasteiger partial charge is 0.463 e. The molecule has 3 aromatic carbocycles. The second-order valence-electron chi connectivity index (χ2n) is 12.3. The van der Waals surface area contributed by atoms with Gasteiger partial charge in [0.05, 0.1) is 10.8 Å². The zero-order valence-electron chi connectivity index (χ0n) is 25.0. The fourth-order valence-corrected chi connectivity index (χ4v) is 12.2. The molecule has 0 unspecified atom stereocenters. The smallest absolute Gasteiger partial charge is 0.302 e. The van der Waals surface area contributed by atoms with Crippen molar-refractivity contribution in [1.29, 1.82) is 0 Å². The van der Waals surface area contributed by atoms with E-state index < -0.39 is 60.7 Å². The molecule has 9 heteroatoms. The van der Waals surface area contributed by atoms with Crippen LogP contribution in [0.3, 0.4) is 0 Å². The van der Waals surface area contributed by atoms with Gasteiger partial charge in [-0.05, 0) is 41.4 Å². The van der Waals surface area contributed by atoms with Gasteiger partial charge in [-0.1, -0.05) is 99.6 Å². The Labute approximate surface area is 252 Å². The maximum Gasteiger partial charge on any atom is 0.302 e. The first-order valence-corrected chi connectivity index (χ1v) is 17.4. The van der Waals surface area contributed by atoms with Gasteiger partial charge < -0.3 is 23.4 Å². The van der Waals surface area contributed by atoms with E-state index in [-0.39, 0.29) is 11.6 Å². The topological polar surface area (TPSA) is 80.3 Å².